The van der Waals surface area contributed by atoms with Gasteiger partial charge in [-0.2, -0.15) is 23.0 Å². The molecule has 1 aromatic heterocycles. The lowest BCUT2D eigenvalue weighted by Gasteiger charge is -2.31. The van der Waals surface area contributed by atoms with Crippen LogP contribution in [0.3, 0.4) is 0 Å². The number of rotatable bonds is 4. The molecule has 2 heterocycles. The molecule has 1 aliphatic heterocycles. The molecule has 1 N–H and O–H groups in total. The zero-order valence-corrected chi connectivity index (χ0v) is 17.4. The quantitative estimate of drug-likeness (QED) is 0.577. The first-order valence-electron chi connectivity index (χ1n) is 10.4. The van der Waals surface area contributed by atoms with Crippen molar-refractivity contribution >= 4 is 17.3 Å². The lowest BCUT2D eigenvalue weighted by Crippen LogP contribution is -2.31. The topological polar surface area (TPSA) is 67.2 Å². The number of nitrogens with one attached hydrogen (secondary N) is 1. The number of benzene rings is 2. The van der Waals surface area contributed by atoms with Gasteiger partial charge >= 0.3 is 6.18 Å². The minimum atomic E-state index is -4.58. The van der Waals surface area contributed by atoms with E-state index in [-0.39, 0.29) is 17.1 Å². The summed E-state index contributed by atoms with van der Waals surface area (Å²) < 4.78 is 54.1. The number of carbonyl (C=O) groups is 1. The fraction of sp³-hybridized carbons (Fsp3) is 0.261. The number of piperidine rings is 1. The molecule has 172 valence electrons. The van der Waals surface area contributed by atoms with E-state index >= 15 is 0 Å². The van der Waals surface area contributed by atoms with Crippen molar-refractivity contribution in [1.29, 1.82) is 0 Å². The third-order valence-corrected chi connectivity index (χ3v) is 5.37. The molecular formula is C23H20F4N4O2. The maximum Gasteiger partial charge on any atom is 0.416 e. The van der Waals surface area contributed by atoms with Gasteiger partial charge in [0.25, 0.3) is 11.5 Å². The number of alkyl halides is 3. The highest BCUT2D eigenvalue weighted by molar-refractivity contribution is 6.04. The molecule has 0 unspecified atom stereocenters. The minimum Gasteiger partial charge on any atom is -0.370 e. The number of carbonyl (C=O) groups excluding carboxylic acids is 1. The molecule has 1 saturated heterocycles. The molecule has 1 amide bonds. The predicted molar refractivity (Wildman–Crippen MR) is 115 cm³/mol. The second-order valence-corrected chi connectivity index (χ2v) is 7.68. The van der Waals surface area contributed by atoms with Gasteiger partial charge in [-0.1, -0.05) is 0 Å². The van der Waals surface area contributed by atoms with Crippen LogP contribution in [-0.4, -0.2) is 28.8 Å². The first-order valence-corrected chi connectivity index (χ1v) is 10.4. The van der Waals surface area contributed by atoms with Gasteiger partial charge in [0.2, 0.25) is 0 Å². The van der Waals surface area contributed by atoms with Gasteiger partial charge in [0.15, 0.2) is 0 Å². The molecule has 4 rings (SSSR count). The highest BCUT2D eigenvalue weighted by Crippen LogP contribution is 2.36. The Balaban J connectivity index is 1.68. The zero-order valence-electron chi connectivity index (χ0n) is 17.4. The van der Waals surface area contributed by atoms with Gasteiger partial charge in [-0.15, -0.1) is 0 Å². The second kappa shape index (κ2) is 9.05. The number of amides is 1. The molecule has 0 aliphatic carbocycles. The van der Waals surface area contributed by atoms with Gasteiger partial charge in [0.1, 0.15) is 11.5 Å². The highest BCUT2D eigenvalue weighted by atomic mass is 19.4. The summed E-state index contributed by atoms with van der Waals surface area (Å²) in [4.78, 5) is 27.0. The van der Waals surface area contributed by atoms with Crippen LogP contribution < -0.4 is 15.8 Å². The number of hydrogen-bond acceptors (Lipinski definition) is 4. The third-order valence-electron chi connectivity index (χ3n) is 5.37. The standard InChI is InChI=1S/C23H20F4N4O2/c24-16-5-7-17(8-6-16)31-21(32)11-9-18(29-31)22(33)28-19-14-15(23(25,26)27)4-10-20(19)30-12-2-1-3-13-30/h4-11,14H,1-3,12-13H2,(H,28,33). The fourth-order valence-corrected chi connectivity index (χ4v) is 3.71. The summed E-state index contributed by atoms with van der Waals surface area (Å²) in [7, 11) is 0. The molecule has 0 bridgehead atoms. The summed E-state index contributed by atoms with van der Waals surface area (Å²) in [5.74, 6) is -1.28. The van der Waals surface area contributed by atoms with Crippen LogP contribution in [0.1, 0.15) is 35.3 Å². The SMILES string of the molecule is O=C(Nc1cc(C(F)(F)F)ccc1N1CCCCC1)c1ccc(=O)n(-c2ccc(F)cc2)n1. The summed E-state index contributed by atoms with van der Waals surface area (Å²) in [6, 6.07) is 10.5. The van der Waals surface area contributed by atoms with Gasteiger partial charge in [-0.05, 0) is 67.8 Å². The largest absolute Gasteiger partial charge is 0.416 e. The summed E-state index contributed by atoms with van der Waals surface area (Å²) in [6.07, 6.45) is -1.74. The molecule has 0 spiro atoms. The highest BCUT2D eigenvalue weighted by Gasteiger charge is 2.32. The van der Waals surface area contributed by atoms with E-state index in [1.54, 1.807) is 0 Å². The molecule has 3 aromatic rings. The molecular weight excluding hydrogens is 440 g/mol. The van der Waals surface area contributed by atoms with E-state index in [1.807, 2.05) is 4.90 Å². The van der Waals surface area contributed by atoms with Crippen molar-refractivity contribution < 1.29 is 22.4 Å². The Kier molecular flexibility index (Phi) is 6.17. The van der Waals surface area contributed by atoms with E-state index in [0.29, 0.717) is 18.8 Å². The molecule has 10 heteroatoms. The summed E-state index contributed by atoms with van der Waals surface area (Å²) >= 11 is 0. The maximum atomic E-state index is 13.3. The summed E-state index contributed by atoms with van der Waals surface area (Å²) in [5, 5.41) is 6.54. The van der Waals surface area contributed by atoms with Crippen molar-refractivity contribution in [2.45, 2.75) is 25.4 Å². The van der Waals surface area contributed by atoms with Crippen molar-refractivity contribution in [3.05, 3.63) is 82.0 Å². The van der Waals surface area contributed by atoms with Gasteiger partial charge in [-0.3, -0.25) is 9.59 Å². The number of aromatic nitrogens is 2. The second-order valence-electron chi connectivity index (χ2n) is 7.68. The average molecular weight is 460 g/mol. The molecule has 0 atom stereocenters. The Morgan fingerprint density at radius 2 is 1.64 bits per heavy atom. The monoisotopic (exact) mass is 460 g/mol. The number of hydrogen-bond donors (Lipinski definition) is 1. The van der Waals surface area contributed by atoms with Crippen LogP contribution >= 0.6 is 0 Å². The first-order chi connectivity index (χ1) is 15.7. The third kappa shape index (κ3) is 5.05. The number of anilines is 2. The Morgan fingerprint density at radius 3 is 2.30 bits per heavy atom. The average Bonchev–Trinajstić information content (AvgIpc) is 2.80. The van der Waals surface area contributed by atoms with E-state index in [4.69, 9.17) is 0 Å². The van der Waals surface area contributed by atoms with Crippen LogP contribution in [0.15, 0.2) is 59.4 Å². The van der Waals surface area contributed by atoms with Crippen LogP contribution in [0, 0.1) is 5.82 Å². The number of halogens is 4. The minimum absolute atomic E-state index is 0.0121. The molecule has 1 aliphatic rings. The first kappa shape index (κ1) is 22.5. The molecule has 33 heavy (non-hydrogen) atoms. The van der Waals surface area contributed by atoms with E-state index < -0.39 is 29.0 Å². The summed E-state index contributed by atoms with van der Waals surface area (Å²) in [5.41, 5.74) is -0.875. The van der Waals surface area contributed by atoms with Crippen LogP contribution in [0.2, 0.25) is 0 Å². The van der Waals surface area contributed by atoms with Crippen LogP contribution in [0.25, 0.3) is 5.69 Å². The van der Waals surface area contributed by atoms with Crippen molar-refractivity contribution in [3.63, 3.8) is 0 Å². The Hall–Kier alpha value is -3.69. The van der Waals surface area contributed by atoms with Gasteiger partial charge in [-0.25, -0.2) is 4.39 Å². The molecule has 1 fully saturated rings. The van der Waals surface area contributed by atoms with Gasteiger partial charge in [0.05, 0.1) is 22.6 Å². The Morgan fingerprint density at radius 1 is 0.939 bits per heavy atom. The molecule has 6 nitrogen and oxygen atoms in total. The van der Waals surface area contributed by atoms with Gasteiger partial charge in [0, 0.05) is 19.2 Å². The molecule has 0 saturated carbocycles. The lowest BCUT2D eigenvalue weighted by molar-refractivity contribution is -0.137. The van der Waals surface area contributed by atoms with E-state index in [1.165, 1.54) is 24.3 Å². The van der Waals surface area contributed by atoms with Crippen molar-refractivity contribution in [2.75, 3.05) is 23.3 Å². The van der Waals surface area contributed by atoms with Crippen LogP contribution in [-0.2, 0) is 6.18 Å². The van der Waals surface area contributed by atoms with E-state index in [9.17, 15) is 27.2 Å². The van der Waals surface area contributed by atoms with Crippen LogP contribution in [0.5, 0.6) is 0 Å². The van der Waals surface area contributed by atoms with Crippen molar-refractivity contribution in [3.8, 4) is 5.69 Å². The lowest BCUT2D eigenvalue weighted by atomic mass is 10.1. The maximum absolute atomic E-state index is 13.3. The van der Waals surface area contributed by atoms with Crippen LogP contribution in [0.4, 0.5) is 28.9 Å². The Labute approximate surface area is 186 Å². The fourth-order valence-electron chi connectivity index (χ4n) is 3.71. The normalized spacial score (nSPS) is 14.2. The zero-order chi connectivity index (χ0) is 23.6. The number of nitrogens with zero attached hydrogens (tertiary/aromatic N) is 3. The smallest absolute Gasteiger partial charge is 0.370 e. The molecule has 2 aromatic carbocycles. The summed E-state index contributed by atoms with van der Waals surface area (Å²) in [6.45, 7) is 1.34. The van der Waals surface area contributed by atoms with Gasteiger partial charge < -0.3 is 10.2 Å². The van der Waals surface area contributed by atoms with Crippen molar-refractivity contribution in [1.82, 2.24) is 9.78 Å². The van der Waals surface area contributed by atoms with Crippen molar-refractivity contribution in [2.24, 2.45) is 0 Å². The predicted octanol–water partition coefficient (Wildman–Crippen LogP) is 4.63. The van der Waals surface area contributed by atoms with E-state index in [2.05, 4.69) is 10.4 Å². The van der Waals surface area contributed by atoms with E-state index in [0.717, 1.165) is 54.3 Å². The Bertz CT molecular complexity index is 1220. The molecule has 0 radical (unpaired) electrons.